The number of aliphatic hydroxyl groups excluding tert-OH is 3. The van der Waals surface area contributed by atoms with Crippen molar-refractivity contribution in [3.63, 3.8) is 0 Å². The van der Waals surface area contributed by atoms with Gasteiger partial charge in [-0.05, 0) is 32.1 Å². The molecular weight excluding hydrogens is 296 g/mol. The molecule has 4 atom stereocenters. The highest BCUT2D eigenvalue weighted by Gasteiger charge is 2.40. The van der Waals surface area contributed by atoms with Gasteiger partial charge < -0.3 is 24.8 Å². The normalized spacial score (nSPS) is 26.2. The topological polar surface area (TPSA) is 79.2 Å². The van der Waals surface area contributed by atoms with Gasteiger partial charge in [0.05, 0.1) is 13.2 Å². The van der Waals surface area contributed by atoms with Crippen molar-refractivity contribution in [2.24, 2.45) is 0 Å². The number of allylic oxidation sites excluding steroid dienone is 2. The highest BCUT2D eigenvalue weighted by molar-refractivity contribution is 4.89. The van der Waals surface area contributed by atoms with Gasteiger partial charge in [-0.15, -0.1) is 0 Å². The Morgan fingerprint density at radius 2 is 1.83 bits per heavy atom. The largest absolute Gasteiger partial charge is 0.394 e. The highest BCUT2D eigenvalue weighted by atomic mass is 16.6. The van der Waals surface area contributed by atoms with E-state index in [2.05, 4.69) is 19.1 Å². The molecule has 0 amide bonds. The van der Waals surface area contributed by atoms with E-state index in [9.17, 15) is 10.2 Å². The number of hydrogen-bond donors (Lipinski definition) is 3. The van der Waals surface area contributed by atoms with Crippen LogP contribution in [-0.4, -0.2) is 59.6 Å². The van der Waals surface area contributed by atoms with Crippen LogP contribution in [-0.2, 0) is 9.47 Å². The summed E-state index contributed by atoms with van der Waals surface area (Å²) in [5, 5.41) is 28.4. The third-order valence-electron chi connectivity index (χ3n) is 4.20. The van der Waals surface area contributed by atoms with Crippen LogP contribution in [0.5, 0.6) is 0 Å². The maximum Gasteiger partial charge on any atom is 0.114 e. The molecule has 1 aliphatic heterocycles. The zero-order chi connectivity index (χ0) is 16.9. The Hall–Kier alpha value is -0.460. The van der Waals surface area contributed by atoms with Gasteiger partial charge >= 0.3 is 0 Å². The fraction of sp³-hybridized carbons (Fsp3) is 0.889. The van der Waals surface area contributed by atoms with Crippen molar-refractivity contribution >= 4 is 0 Å². The first-order chi connectivity index (χ1) is 11.2. The SMILES string of the molecule is CCCCC/C=C/CCCCCO[C@@H]1[C@H]([C@@H](O)CO)OC[C@H]1O. The zero-order valence-electron chi connectivity index (χ0n) is 14.4. The molecule has 3 N–H and O–H groups in total. The lowest BCUT2D eigenvalue weighted by molar-refractivity contribution is -0.0937. The van der Waals surface area contributed by atoms with Crippen LogP contribution in [0, 0.1) is 0 Å². The molecule has 0 saturated carbocycles. The summed E-state index contributed by atoms with van der Waals surface area (Å²) in [7, 11) is 0. The number of hydrogen-bond acceptors (Lipinski definition) is 5. The summed E-state index contributed by atoms with van der Waals surface area (Å²) < 4.78 is 10.9. The second-order valence-corrected chi connectivity index (χ2v) is 6.27. The molecule has 0 aromatic rings. The van der Waals surface area contributed by atoms with Gasteiger partial charge in [-0.3, -0.25) is 0 Å². The molecule has 1 rings (SSSR count). The molecular formula is C18H34O5. The van der Waals surface area contributed by atoms with Gasteiger partial charge in [-0.25, -0.2) is 0 Å². The minimum atomic E-state index is -1.00. The standard InChI is InChI=1S/C18H34O5/c1-2-3-4-5-6-7-8-9-10-11-12-22-18-16(21)14-23-17(18)15(20)13-19/h6-7,15-21H,2-5,8-14H2,1H3/b7-6+/t15-,16+,17-,18-/m0/s1. The average Bonchev–Trinajstić information content (AvgIpc) is 2.93. The maximum absolute atomic E-state index is 9.81. The van der Waals surface area contributed by atoms with Crippen molar-refractivity contribution in [1.29, 1.82) is 0 Å². The van der Waals surface area contributed by atoms with Crippen LogP contribution in [0.25, 0.3) is 0 Å². The van der Waals surface area contributed by atoms with E-state index in [1.165, 1.54) is 25.7 Å². The first kappa shape index (κ1) is 20.6. The molecule has 5 heteroatoms. The Morgan fingerprint density at radius 3 is 2.48 bits per heavy atom. The van der Waals surface area contributed by atoms with Crippen LogP contribution in [0.1, 0.15) is 58.3 Å². The summed E-state index contributed by atoms with van der Waals surface area (Å²) in [5.41, 5.74) is 0. The molecule has 0 aromatic heterocycles. The van der Waals surface area contributed by atoms with Crippen LogP contribution in [0.15, 0.2) is 12.2 Å². The summed E-state index contributed by atoms with van der Waals surface area (Å²) in [4.78, 5) is 0. The van der Waals surface area contributed by atoms with E-state index in [1.807, 2.05) is 0 Å². The van der Waals surface area contributed by atoms with Crippen molar-refractivity contribution in [2.45, 2.75) is 82.7 Å². The van der Waals surface area contributed by atoms with E-state index in [4.69, 9.17) is 14.6 Å². The molecule has 1 fully saturated rings. The molecule has 0 radical (unpaired) electrons. The molecule has 23 heavy (non-hydrogen) atoms. The summed E-state index contributed by atoms with van der Waals surface area (Å²) in [6.45, 7) is 2.52. The van der Waals surface area contributed by atoms with E-state index in [0.717, 1.165) is 25.7 Å². The van der Waals surface area contributed by atoms with Crippen LogP contribution in [0.3, 0.4) is 0 Å². The molecule has 0 unspecified atom stereocenters. The Kier molecular flexibility index (Phi) is 11.5. The minimum Gasteiger partial charge on any atom is -0.394 e. The summed E-state index contributed by atoms with van der Waals surface area (Å²) in [6, 6.07) is 0. The van der Waals surface area contributed by atoms with Crippen LogP contribution < -0.4 is 0 Å². The zero-order valence-corrected chi connectivity index (χ0v) is 14.4. The van der Waals surface area contributed by atoms with Crippen molar-refractivity contribution < 1.29 is 24.8 Å². The summed E-state index contributed by atoms with van der Waals surface area (Å²) in [6.07, 6.45) is 10.9. The lowest BCUT2D eigenvalue weighted by Crippen LogP contribution is -2.42. The van der Waals surface area contributed by atoms with Gasteiger partial charge in [0.2, 0.25) is 0 Å². The molecule has 1 aliphatic rings. The smallest absolute Gasteiger partial charge is 0.114 e. The second-order valence-electron chi connectivity index (χ2n) is 6.27. The first-order valence-corrected chi connectivity index (χ1v) is 9.05. The Bertz CT molecular complexity index is 308. The molecule has 0 aromatic carbocycles. The highest BCUT2D eigenvalue weighted by Crippen LogP contribution is 2.21. The monoisotopic (exact) mass is 330 g/mol. The van der Waals surface area contributed by atoms with E-state index in [0.29, 0.717) is 6.61 Å². The molecule has 5 nitrogen and oxygen atoms in total. The first-order valence-electron chi connectivity index (χ1n) is 9.05. The maximum atomic E-state index is 9.81. The van der Waals surface area contributed by atoms with E-state index in [-0.39, 0.29) is 13.2 Å². The predicted molar refractivity (Wildman–Crippen MR) is 90.3 cm³/mol. The molecule has 1 saturated heterocycles. The van der Waals surface area contributed by atoms with E-state index < -0.39 is 24.4 Å². The van der Waals surface area contributed by atoms with Crippen LogP contribution in [0.2, 0.25) is 0 Å². The third-order valence-corrected chi connectivity index (χ3v) is 4.20. The van der Waals surface area contributed by atoms with E-state index in [1.54, 1.807) is 0 Å². The van der Waals surface area contributed by atoms with Gasteiger partial charge in [0.15, 0.2) is 0 Å². The predicted octanol–water partition coefficient (Wildman–Crippen LogP) is 2.18. The van der Waals surface area contributed by atoms with Crippen molar-refractivity contribution in [1.82, 2.24) is 0 Å². The number of ether oxygens (including phenoxy) is 2. The van der Waals surface area contributed by atoms with Crippen molar-refractivity contribution in [3.8, 4) is 0 Å². The van der Waals surface area contributed by atoms with E-state index >= 15 is 0 Å². The number of unbranched alkanes of at least 4 members (excludes halogenated alkanes) is 6. The quantitative estimate of drug-likeness (QED) is 0.356. The molecule has 0 aliphatic carbocycles. The molecule has 0 bridgehead atoms. The summed E-state index contributed by atoms with van der Waals surface area (Å²) >= 11 is 0. The van der Waals surface area contributed by atoms with Crippen molar-refractivity contribution in [3.05, 3.63) is 12.2 Å². The van der Waals surface area contributed by atoms with Crippen LogP contribution in [0.4, 0.5) is 0 Å². The van der Waals surface area contributed by atoms with Gasteiger partial charge in [-0.1, -0.05) is 38.3 Å². The van der Waals surface area contributed by atoms with Crippen molar-refractivity contribution in [2.75, 3.05) is 19.8 Å². The lowest BCUT2D eigenvalue weighted by Gasteiger charge is -2.23. The second kappa shape index (κ2) is 12.9. The van der Waals surface area contributed by atoms with Crippen LogP contribution >= 0.6 is 0 Å². The third kappa shape index (κ3) is 8.27. The Balaban J connectivity index is 2.03. The Labute approximate surface area is 140 Å². The summed E-state index contributed by atoms with van der Waals surface area (Å²) in [5.74, 6) is 0. The van der Waals surface area contributed by atoms with Gasteiger partial charge in [-0.2, -0.15) is 0 Å². The fourth-order valence-electron chi connectivity index (χ4n) is 2.77. The fourth-order valence-corrected chi connectivity index (χ4v) is 2.77. The number of aliphatic hydroxyl groups is 3. The Morgan fingerprint density at radius 1 is 1.13 bits per heavy atom. The average molecular weight is 330 g/mol. The molecule has 0 spiro atoms. The minimum absolute atomic E-state index is 0.148. The number of rotatable bonds is 13. The lowest BCUT2D eigenvalue weighted by atomic mass is 10.1. The molecule has 136 valence electrons. The van der Waals surface area contributed by atoms with Gasteiger partial charge in [0.1, 0.15) is 24.4 Å². The van der Waals surface area contributed by atoms with Gasteiger partial charge in [0.25, 0.3) is 0 Å². The van der Waals surface area contributed by atoms with Gasteiger partial charge in [0, 0.05) is 6.61 Å². The molecule has 1 heterocycles.